The number of β-amino-alcohol motifs (C(OH)–C–C–N with tert-alkyl or cyclic N) is 1. The average molecular weight is 350 g/mol. The number of aliphatic hydroxyl groups is 2. The van der Waals surface area contributed by atoms with Gasteiger partial charge in [-0.2, -0.15) is 4.98 Å². The lowest BCUT2D eigenvalue weighted by Crippen LogP contribution is -2.51. The summed E-state index contributed by atoms with van der Waals surface area (Å²) in [7, 11) is 0. The maximum Gasteiger partial charge on any atom is 0.227 e. The molecule has 2 aliphatic rings. The molecule has 1 aromatic heterocycles. The van der Waals surface area contributed by atoms with Gasteiger partial charge in [0.1, 0.15) is 5.82 Å². The van der Waals surface area contributed by atoms with Gasteiger partial charge in [0.2, 0.25) is 5.95 Å². The van der Waals surface area contributed by atoms with E-state index in [0.29, 0.717) is 31.6 Å². The summed E-state index contributed by atoms with van der Waals surface area (Å²) < 4.78 is 5.50. The minimum absolute atomic E-state index is 0.0430. The molecule has 0 amide bonds. The van der Waals surface area contributed by atoms with Gasteiger partial charge in [-0.3, -0.25) is 0 Å². The molecule has 1 atom stereocenters. The molecule has 0 saturated carbocycles. The van der Waals surface area contributed by atoms with Crippen LogP contribution >= 0.6 is 0 Å². The number of aliphatic hydroxyl groups excluding tert-OH is 2. The van der Waals surface area contributed by atoms with E-state index in [0.717, 1.165) is 43.9 Å². The first-order chi connectivity index (χ1) is 12.0. The van der Waals surface area contributed by atoms with Gasteiger partial charge in [-0.1, -0.05) is 13.8 Å². The van der Waals surface area contributed by atoms with E-state index in [1.165, 1.54) is 0 Å². The fraction of sp³-hybridized carbons (Fsp3) is 0.778. The number of anilines is 2. The quantitative estimate of drug-likeness (QED) is 0.610. The van der Waals surface area contributed by atoms with Crippen LogP contribution < -0.4 is 10.2 Å². The summed E-state index contributed by atoms with van der Waals surface area (Å²) in [6.45, 7) is 7.83. The van der Waals surface area contributed by atoms with Crippen molar-refractivity contribution in [3.63, 3.8) is 0 Å². The first kappa shape index (κ1) is 18.4. The molecule has 140 valence electrons. The van der Waals surface area contributed by atoms with E-state index in [9.17, 15) is 10.2 Å². The largest absolute Gasteiger partial charge is 0.396 e. The van der Waals surface area contributed by atoms with Crippen LogP contribution in [-0.2, 0) is 4.74 Å². The molecule has 3 heterocycles. The van der Waals surface area contributed by atoms with Crippen molar-refractivity contribution < 1.29 is 14.9 Å². The van der Waals surface area contributed by atoms with Crippen molar-refractivity contribution in [3.8, 4) is 0 Å². The van der Waals surface area contributed by atoms with E-state index in [-0.39, 0.29) is 18.1 Å². The second-order valence-electron chi connectivity index (χ2n) is 7.95. The topological polar surface area (TPSA) is 90.7 Å². The third-order valence-corrected chi connectivity index (χ3v) is 4.99. The first-order valence-electron chi connectivity index (χ1n) is 9.21. The van der Waals surface area contributed by atoms with Crippen LogP contribution in [0.3, 0.4) is 0 Å². The molecule has 0 radical (unpaired) electrons. The van der Waals surface area contributed by atoms with Crippen molar-refractivity contribution >= 4 is 11.8 Å². The van der Waals surface area contributed by atoms with Crippen molar-refractivity contribution in [1.82, 2.24) is 9.97 Å². The molecule has 0 aromatic carbocycles. The van der Waals surface area contributed by atoms with Gasteiger partial charge >= 0.3 is 0 Å². The maximum atomic E-state index is 9.55. The monoisotopic (exact) mass is 350 g/mol. The molecule has 7 heteroatoms. The highest BCUT2D eigenvalue weighted by Crippen LogP contribution is 2.28. The van der Waals surface area contributed by atoms with Gasteiger partial charge in [0.15, 0.2) is 0 Å². The molecule has 2 saturated heterocycles. The van der Waals surface area contributed by atoms with Crippen LogP contribution in [0, 0.1) is 5.41 Å². The number of rotatable bonds is 8. The van der Waals surface area contributed by atoms with Crippen LogP contribution in [0.15, 0.2) is 6.07 Å². The normalized spacial score (nSPS) is 21.4. The molecule has 25 heavy (non-hydrogen) atoms. The first-order valence-corrected chi connectivity index (χ1v) is 9.21. The summed E-state index contributed by atoms with van der Waals surface area (Å²) in [6.07, 6.45) is 2.63. The molecule has 7 nitrogen and oxygen atoms in total. The van der Waals surface area contributed by atoms with Crippen LogP contribution in [0.1, 0.15) is 44.7 Å². The zero-order valence-electron chi connectivity index (χ0n) is 15.2. The van der Waals surface area contributed by atoms with Crippen LogP contribution in [0.25, 0.3) is 0 Å². The van der Waals surface area contributed by atoms with E-state index >= 15 is 0 Å². The zero-order chi connectivity index (χ0) is 17.9. The Hall–Kier alpha value is -1.44. The number of hydrogen-bond donors (Lipinski definition) is 3. The van der Waals surface area contributed by atoms with Crippen molar-refractivity contribution in [2.45, 2.75) is 45.1 Å². The van der Waals surface area contributed by atoms with E-state index < -0.39 is 0 Å². The number of ether oxygens (including phenoxy) is 1. The molecule has 0 spiro atoms. The summed E-state index contributed by atoms with van der Waals surface area (Å²) in [6, 6.07) is 2.02. The van der Waals surface area contributed by atoms with E-state index in [4.69, 9.17) is 9.72 Å². The van der Waals surface area contributed by atoms with Gasteiger partial charge in [-0.15, -0.1) is 0 Å². The Morgan fingerprint density at radius 2 is 2.16 bits per heavy atom. The van der Waals surface area contributed by atoms with Gasteiger partial charge in [0.25, 0.3) is 0 Å². The Labute approximate surface area is 149 Å². The van der Waals surface area contributed by atoms with Gasteiger partial charge < -0.3 is 25.2 Å². The standard InChI is InChI=1S/C18H30N4O3/c1-18(2,12-23)5-3-6-19-16-8-15(13-4-7-25-11-13)20-17(21-16)22-9-14(24)10-22/h8,13-14,23-24H,3-7,9-12H2,1-2H3,(H,19,20,21)/t13-/m0/s1. The lowest BCUT2D eigenvalue weighted by atomic mass is 9.89. The van der Waals surface area contributed by atoms with Crippen molar-refractivity contribution in [2.24, 2.45) is 5.41 Å². The summed E-state index contributed by atoms with van der Waals surface area (Å²) in [5, 5.41) is 22.3. The molecule has 0 bridgehead atoms. The SMILES string of the molecule is CC(C)(CO)CCCNc1cc([C@H]2CCOC2)nc(N2CC(O)C2)n1. The molecule has 3 N–H and O–H groups in total. The molecule has 3 rings (SSSR count). The highest BCUT2D eigenvalue weighted by atomic mass is 16.5. The molecule has 2 aliphatic heterocycles. The summed E-state index contributed by atoms with van der Waals surface area (Å²) >= 11 is 0. The van der Waals surface area contributed by atoms with E-state index in [2.05, 4.69) is 24.1 Å². The lowest BCUT2D eigenvalue weighted by Gasteiger charge is -2.36. The molecular formula is C18H30N4O3. The van der Waals surface area contributed by atoms with E-state index in [1.807, 2.05) is 11.0 Å². The van der Waals surface area contributed by atoms with Crippen LogP contribution in [-0.4, -0.2) is 65.7 Å². The fourth-order valence-electron chi connectivity index (χ4n) is 3.14. The van der Waals surface area contributed by atoms with Crippen LogP contribution in [0.5, 0.6) is 0 Å². The Kier molecular flexibility index (Phi) is 5.76. The highest BCUT2D eigenvalue weighted by Gasteiger charge is 2.28. The summed E-state index contributed by atoms with van der Waals surface area (Å²) in [5.74, 6) is 1.84. The molecular weight excluding hydrogens is 320 g/mol. The predicted molar refractivity (Wildman–Crippen MR) is 97.0 cm³/mol. The summed E-state index contributed by atoms with van der Waals surface area (Å²) in [4.78, 5) is 11.3. The summed E-state index contributed by atoms with van der Waals surface area (Å²) in [5.41, 5.74) is 0.973. The molecule has 1 aromatic rings. The molecule has 2 fully saturated rings. The maximum absolute atomic E-state index is 9.55. The van der Waals surface area contributed by atoms with Crippen LogP contribution in [0.2, 0.25) is 0 Å². The number of hydrogen-bond acceptors (Lipinski definition) is 7. The number of aromatic nitrogens is 2. The van der Waals surface area contributed by atoms with Gasteiger partial charge in [0, 0.05) is 44.8 Å². The minimum Gasteiger partial charge on any atom is -0.396 e. The van der Waals surface area contributed by atoms with Crippen molar-refractivity contribution in [1.29, 1.82) is 0 Å². The number of nitrogens with one attached hydrogen (secondary N) is 1. The van der Waals surface area contributed by atoms with Crippen LogP contribution in [0.4, 0.5) is 11.8 Å². The molecule has 0 aliphatic carbocycles. The smallest absolute Gasteiger partial charge is 0.227 e. The van der Waals surface area contributed by atoms with Gasteiger partial charge in [-0.25, -0.2) is 4.98 Å². The molecule has 0 unspecified atom stereocenters. The van der Waals surface area contributed by atoms with Gasteiger partial charge in [0.05, 0.1) is 18.4 Å². The highest BCUT2D eigenvalue weighted by molar-refractivity contribution is 5.46. The Morgan fingerprint density at radius 3 is 2.80 bits per heavy atom. The third-order valence-electron chi connectivity index (χ3n) is 4.99. The van der Waals surface area contributed by atoms with Gasteiger partial charge in [-0.05, 0) is 24.7 Å². The Balaban J connectivity index is 1.64. The van der Waals surface area contributed by atoms with E-state index in [1.54, 1.807) is 0 Å². The zero-order valence-corrected chi connectivity index (χ0v) is 15.2. The Bertz CT molecular complexity index is 569. The van der Waals surface area contributed by atoms with Crippen molar-refractivity contribution in [3.05, 3.63) is 11.8 Å². The third kappa shape index (κ3) is 4.80. The second kappa shape index (κ2) is 7.85. The predicted octanol–water partition coefficient (Wildman–Crippen LogP) is 1.37. The second-order valence-corrected chi connectivity index (χ2v) is 7.95. The Morgan fingerprint density at radius 1 is 1.36 bits per heavy atom. The number of nitrogens with zero attached hydrogens (tertiary/aromatic N) is 3. The minimum atomic E-state index is -0.279. The average Bonchev–Trinajstić information content (AvgIpc) is 3.10. The van der Waals surface area contributed by atoms with Crippen molar-refractivity contribution in [2.75, 3.05) is 49.7 Å². The lowest BCUT2D eigenvalue weighted by molar-refractivity contribution is 0.140. The fourth-order valence-corrected chi connectivity index (χ4v) is 3.14.